The lowest BCUT2D eigenvalue weighted by Gasteiger charge is -2.15. The van der Waals surface area contributed by atoms with E-state index >= 15 is 0 Å². The summed E-state index contributed by atoms with van der Waals surface area (Å²) in [6, 6.07) is 0. The quantitative estimate of drug-likeness (QED) is 0.544. The van der Waals surface area contributed by atoms with Crippen LogP contribution in [0.1, 0.15) is 26.7 Å². The minimum absolute atomic E-state index is 0.194. The first kappa shape index (κ1) is 8.88. The number of hydrogen-bond donors (Lipinski definition) is 2. The minimum Gasteiger partial charge on any atom is -0.346 e. The van der Waals surface area contributed by atoms with E-state index in [1.165, 1.54) is 0 Å². The second-order valence-corrected chi connectivity index (χ2v) is 2.03. The summed E-state index contributed by atoms with van der Waals surface area (Å²) in [6.07, 6.45) is 1.24. The Morgan fingerprint density at radius 2 is 1.44 bits per heavy atom. The van der Waals surface area contributed by atoms with Crippen LogP contribution < -0.4 is 11.5 Å². The van der Waals surface area contributed by atoms with Crippen LogP contribution in [0.25, 0.3) is 0 Å². The van der Waals surface area contributed by atoms with Crippen LogP contribution in [0.5, 0.6) is 0 Å². The van der Waals surface area contributed by atoms with Crippen LogP contribution in [0.4, 0.5) is 0 Å². The summed E-state index contributed by atoms with van der Waals surface area (Å²) in [6.45, 7) is 3.93. The Balaban J connectivity index is 3.22. The highest BCUT2D eigenvalue weighted by Crippen LogP contribution is 1.94. The van der Waals surface area contributed by atoms with Gasteiger partial charge >= 0.3 is 0 Å². The molecular formula is C6H16N2O. The van der Waals surface area contributed by atoms with Gasteiger partial charge < -0.3 is 16.2 Å². The van der Waals surface area contributed by atoms with Gasteiger partial charge in [-0.1, -0.05) is 13.8 Å². The maximum Gasteiger partial charge on any atom is 0.107 e. The third kappa shape index (κ3) is 4.39. The lowest BCUT2D eigenvalue weighted by molar-refractivity contribution is -0.00842. The molecule has 0 aromatic carbocycles. The molecule has 0 fully saturated rings. The molecule has 0 amide bonds. The molecular weight excluding hydrogens is 116 g/mol. The maximum atomic E-state index is 5.45. The fourth-order valence-corrected chi connectivity index (χ4v) is 0.417. The molecule has 0 aliphatic rings. The van der Waals surface area contributed by atoms with Gasteiger partial charge in [0.15, 0.2) is 0 Å². The van der Waals surface area contributed by atoms with Crippen molar-refractivity contribution < 1.29 is 4.74 Å². The van der Waals surface area contributed by atoms with Gasteiger partial charge in [-0.2, -0.15) is 0 Å². The summed E-state index contributed by atoms with van der Waals surface area (Å²) >= 11 is 0. The highest BCUT2D eigenvalue weighted by molar-refractivity contribution is 4.47. The molecule has 4 N–H and O–H groups in total. The van der Waals surface area contributed by atoms with Crippen molar-refractivity contribution in [3.8, 4) is 0 Å². The van der Waals surface area contributed by atoms with Gasteiger partial charge in [-0.05, 0) is 12.8 Å². The fraction of sp³-hybridized carbons (Fsp3) is 1.00. The van der Waals surface area contributed by atoms with Gasteiger partial charge in [0.05, 0.1) is 0 Å². The van der Waals surface area contributed by atoms with E-state index in [1.807, 2.05) is 13.8 Å². The van der Waals surface area contributed by atoms with Crippen LogP contribution in [0.15, 0.2) is 0 Å². The smallest absolute Gasteiger partial charge is 0.107 e. The number of nitrogens with two attached hydrogens (primary N) is 2. The van der Waals surface area contributed by atoms with Gasteiger partial charge in [-0.15, -0.1) is 0 Å². The van der Waals surface area contributed by atoms with E-state index in [0.717, 1.165) is 12.8 Å². The molecule has 0 rings (SSSR count). The standard InChI is InChI=1S/C6H16N2O/c1-3-5(7)9-6(8)4-2/h5-6H,3-4,7-8H2,1-2H3. The topological polar surface area (TPSA) is 61.3 Å². The Morgan fingerprint density at radius 1 is 1.11 bits per heavy atom. The van der Waals surface area contributed by atoms with Gasteiger partial charge in [0.25, 0.3) is 0 Å². The molecule has 0 radical (unpaired) electrons. The minimum atomic E-state index is -0.194. The van der Waals surface area contributed by atoms with Crippen molar-refractivity contribution in [2.75, 3.05) is 0 Å². The molecule has 2 unspecified atom stereocenters. The highest BCUT2D eigenvalue weighted by atomic mass is 16.5. The summed E-state index contributed by atoms with van der Waals surface area (Å²) in [5.41, 5.74) is 10.9. The highest BCUT2D eigenvalue weighted by Gasteiger charge is 2.03. The third-order valence-corrected chi connectivity index (χ3v) is 1.15. The Hall–Kier alpha value is -0.120. The molecule has 0 aromatic rings. The predicted molar refractivity (Wildman–Crippen MR) is 37.6 cm³/mol. The second-order valence-electron chi connectivity index (χ2n) is 2.03. The maximum absolute atomic E-state index is 5.45. The van der Waals surface area contributed by atoms with Crippen LogP contribution >= 0.6 is 0 Å². The molecule has 3 heteroatoms. The van der Waals surface area contributed by atoms with Gasteiger partial charge in [0, 0.05) is 0 Å². The van der Waals surface area contributed by atoms with Crippen molar-refractivity contribution in [1.82, 2.24) is 0 Å². The molecule has 56 valence electrons. The van der Waals surface area contributed by atoms with Gasteiger partial charge in [-0.3, -0.25) is 0 Å². The number of hydrogen-bond acceptors (Lipinski definition) is 3. The lowest BCUT2D eigenvalue weighted by atomic mass is 10.4. The van der Waals surface area contributed by atoms with E-state index in [1.54, 1.807) is 0 Å². The van der Waals surface area contributed by atoms with Gasteiger partial charge in [-0.25, -0.2) is 0 Å². The molecule has 0 bridgehead atoms. The Bertz CT molecular complexity index is 60.1. The Morgan fingerprint density at radius 3 is 1.67 bits per heavy atom. The molecule has 0 saturated heterocycles. The number of rotatable bonds is 4. The second kappa shape index (κ2) is 4.73. The molecule has 9 heavy (non-hydrogen) atoms. The van der Waals surface area contributed by atoms with Crippen molar-refractivity contribution in [2.24, 2.45) is 11.5 Å². The first-order valence-corrected chi connectivity index (χ1v) is 3.37. The number of ether oxygens (including phenoxy) is 1. The van der Waals surface area contributed by atoms with Crippen molar-refractivity contribution in [3.05, 3.63) is 0 Å². The molecule has 0 saturated carbocycles. The summed E-state index contributed by atoms with van der Waals surface area (Å²) in [5.74, 6) is 0. The van der Waals surface area contributed by atoms with Crippen molar-refractivity contribution in [3.63, 3.8) is 0 Å². The summed E-state index contributed by atoms with van der Waals surface area (Å²) in [4.78, 5) is 0. The van der Waals surface area contributed by atoms with Crippen LogP contribution in [0.2, 0.25) is 0 Å². The van der Waals surface area contributed by atoms with Gasteiger partial charge in [0.2, 0.25) is 0 Å². The predicted octanol–water partition coefficient (Wildman–Crippen LogP) is 0.393. The van der Waals surface area contributed by atoms with E-state index in [2.05, 4.69) is 0 Å². The first-order chi connectivity index (χ1) is 4.20. The van der Waals surface area contributed by atoms with Crippen LogP contribution in [0, 0.1) is 0 Å². The van der Waals surface area contributed by atoms with Crippen molar-refractivity contribution in [2.45, 2.75) is 39.1 Å². The normalized spacial score (nSPS) is 17.3. The zero-order valence-corrected chi connectivity index (χ0v) is 6.13. The van der Waals surface area contributed by atoms with E-state index < -0.39 is 0 Å². The monoisotopic (exact) mass is 132 g/mol. The zero-order chi connectivity index (χ0) is 7.28. The van der Waals surface area contributed by atoms with E-state index in [0.29, 0.717) is 0 Å². The third-order valence-electron chi connectivity index (χ3n) is 1.15. The Labute approximate surface area is 56.4 Å². The van der Waals surface area contributed by atoms with Crippen molar-refractivity contribution in [1.29, 1.82) is 0 Å². The summed E-state index contributed by atoms with van der Waals surface area (Å²) < 4.78 is 5.10. The van der Waals surface area contributed by atoms with E-state index in [4.69, 9.17) is 16.2 Å². The van der Waals surface area contributed by atoms with Crippen LogP contribution in [-0.2, 0) is 4.74 Å². The molecule has 3 nitrogen and oxygen atoms in total. The molecule has 0 aromatic heterocycles. The van der Waals surface area contributed by atoms with E-state index in [9.17, 15) is 0 Å². The average molecular weight is 132 g/mol. The van der Waals surface area contributed by atoms with Crippen LogP contribution in [-0.4, -0.2) is 12.5 Å². The fourth-order valence-electron chi connectivity index (χ4n) is 0.417. The lowest BCUT2D eigenvalue weighted by Crippen LogP contribution is -2.33. The molecule has 0 heterocycles. The molecule has 2 atom stereocenters. The molecule has 0 aliphatic carbocycles. The summed E-state index contributed by atoms with van der Waals surface area (Å²) in [5, 5.41) is 0. The van der Waals surface area contributed by atoms with Gasteiger partial charge in [0.1, 0.15) is 12.5 Å². The SMILES string of the molecule is CCC(N)OC(N)CC. The average Bonchev–Trinajstić information content (AvgIpc) is 1.87. The van der Waals surface area contributed by atoms with Crippen LogP contribution in [0.3, 0.4) is 0 Å². The largest absolute Gasteiger partial charge is 0.346 e. The molecule has 0 spiro atoms. The van der Waals surface area contributed by atoms with E-state index in [-0.39, 0.29) is 12.5 Å². The zero-order valence-electron chi connectivity index (χ0n) is 6.13. The first-order valence-electron chi connectivity index (χ1n) is 3.37. The Kier molecular flexibility index (Phi) is 4.67. The molecule has 0 aliphatic heterocycles. The van der Waals surface area contributed by atoms with Crippen molar-refractivity contribution >= 4 is 0 Å². The summed E-state index contributed by atoms with van der Waals surface area (Å²) in [7, 11) is 0.